The number of nitrogens with two attached hydrogens (primary N) is 1. The summed E-state index contributed by atoms with van der Waals surface area (Å²) in [4.78, 5) is 0. The van der Waals surface area contributed by atoms with E-state index in [0.717, 1.165) is 13.0 Å². The summed E-state index contributed by atoms with van der Waals surface area (Å²) in [5.41, 5.74) is 8.63. The quantitative estimate of drug-likeness (QED) is 0.844. The van der Waals surface area contributed by atoms with Crippen molar-refractivity contribution in [3.63, 3.8) is 0 Å². The molecule has 0 radical (unpaired) electrons. The lowest BCUT2D eigenvalue weighted by Gasteiger charge is -2.20. The van der Waals surface area contributed by atoms with Gasteiger partial charge in [0.2, 0.25) is 0 Å². The Kier molecular flexibility index (Phi) is 3.97. The summed E-state index contributed by atoms with van der Waals surface area (Å²) in [5.74, 6) is 0.448. The zero-order chi connectivity index (χ0) is 11.4. The predicted molar refractivity (Wildman–Crippen MR) is 66.6 cm³/mol. The van der Waals surface area contributed by atoms with Crippen molar-refractivity contribution in [3.8, 4) is 0 Å². The third kappa shape index (κ3) is 2.63. The lowest BCUT2D eigenvalue weighted by atomic mass is 9.89. The van der Waals surface area contributed by atoms with E-state index in [2.05, 4.69) is 31.2 Å². The first kappa shape index (κ1) is 11.6. The Morgan fingerprint density at radius 1 is 1.44 bits per heavy atom. The maximum atomic E-state index is 5.90. The van der Waals surface area contributed by atoms with Crippen molar-refractivity contribution in [2.24, 2.45) is 5.73 Å². The number of ether oxygens (including phenoxy) is 1. The smallest absolute Gasteiger partial charge is 0.0582 e. The lowest BCUT2D eigenvalue weighted by Crippen LogP contribution is -2.19. The SMILES string of the molecule is Cc1ccccc1C(CN)CC1CCCO1. The normalized spacial score (nSPS) is 22.2. The van der Waals surface area contributed by atoms with Gasteiger partial charge in [-0.15, -0.1) is 0 Å². The Labute approximate surface area is 97.8 Å². The number of aryl methyl sites for hydroxylation is 1. The van der Waals surface area contributed by atoms with Crippen molar-refractivity contribution in [2.45, 2.75) is 38.2 Å². The zero-order valence-electron chi connectivity index (χ0n) is 9.99. The topological polar surface area (TPSA) is 35.2 Å². The molecule has 1 aromatic rings. The number of hydrogen-bond donors (Lipinski definition) is 1. The fourth-order valence-electron chi connectivity index (χ4n) is 2.54. The molecule has 2 atom stereocenters. The van der Waals surface area contributed by atoms with Crippen molar-refractivity contribution in [1.82, 2.24) is 0 Å². The number of hydrogen-bond acceptors (Lipinski definition) is 2. The second kappa shape index (κ2) is 5.46. The van der Waals surface area contributed by atoms with Gasteiger partial charge in [-0.2, -0.15) is 0 Å². The van der Waals surface area contributed by atoms with Crippen LogP contribution in [0.3, 0.4) is 0 Å². The van der Waals surface area contributed by atoms with Gasteiger partial charge in [0.1, 0.15) is 0 Å². The molecule has 2 N–H and O–H groups in total. The van der Waals surface area contributed by atoms with Crippen molar-refractivity contribution in [1.29, 1.82) is 0 Å². The first-order valence-electron chi connectivity index (χ1n) is 6.18. The molecule has 2 nitrogen and oxygen atoms in total. The molecular weight excluding hydrogens is 198 g/mol. The van der Waals surface area contributed by atoms with E-state index in [4.69, 9.17) is 10.5 Å². The van der Waals surface area contributed by atoms with Gasteiger partial charge < -0.3 is 10.5 Å². The molecule has 1 heterocycles. The van der Waals surface area contributed by atoms with E-state index >= 15 is 0 Å². The molecule has 0 saturated carbocycles. The second-order valence-corrected chi connectivity index (χ2v) is 4.66. The van der Waals surface area contributed by atoms with Crippen LogP contribution in [0.5, 0.6) is 0 Å². The van der Waals surface area contributed by atoms with E-state index in [-0.39, 0.29) is 0 Å². The molecule has 0 aliphatic carbocycles. The van der Waals surface area contributed by atoms with Crippen molar-refractivity contribution in [2.75, 3.05) is 13.2 Å². The lowest BCUT2D eigenvalue weighted by molar-refractivity contribution is 0.0984. The van der Waals surface area contributed by atoms with Gasteiger partial charge in [0.15, 0.2) is 0 Å². The van der Waals surface area contributed by atoms with Crippen LogP contribution in [0.4, 0.5) is 0 Å². The Morgan fingerprint density at radius 2 is 2.25 bits per heavy atom. The molecule has 2 heteroatoms. The molecule has 0 amide bonds. The molecule has 1 aliphatic heterocycles. The van der Waals surface area contributed by atoms with Crippen LogP contribution in [0.15, 0.2) is 24.3 Å². The van der Waals surface area contributed by atoms with Gasteiger partial charge in [-0.05, 0) is 49.8 Å². The molecule has 1 aromatic carbocycles. The molecule has 0 bridgehead atoms. The van der Waals surface area contributed by atoms with E-state index < -0.39 is 0 Å². The third-order valence-corrected chi connectivity index (χ3v) is 3.48. The highest BCUT2D eigenvalue weighted by molar-refractivity contribution is 5.29. The van der Waals surface area contributed by atoms with Gasteiger partial charge >= 0.3 is 0 Å². The molecule has 1 saturated heterocycles. The maximum absolute atomic E-state index is 5.90. The average Bonchev–Trinajstić information content (AvgIpc) is 2.80. The van der Waals surface area contributed by atoms with Crippen LogP contribution in [0, 0.1) is 6.92 Å². The molecule has 2 rings (SSSR count). The standard InChI is InChI=1S/C14H21NO/c1-11-5-2-3-7-14(11)12(10-15)9-13-6-4-8-16-13/h2-3,5,7,12-13H,4,6,8-10,15H2,1H3. The summed E-state index contributed by atoms with van der Waals surface area (Å²) in [6, 6.07) is 8.54. The summed E-state index contributed by atoms with van der Waals surface area (Å²) in [5, 5.41) is 0. The zero-order valence-corrected chi connectivity index (χ0v) is 9.99. The second-order valence-electron chi connectivity index (χ2n) is 4.66. The third-order valence-electron chi connectivity index (χ3n) is 3.48. The first-order chi connectivity index (χ1) is 7.81. The van der Waals surface area contributed by atoms with Gasteiger partial charge in [0.25, 0.3) is 0 Å². The van der Waals surface area contributed by atoms with Crippen LogP contribution in [0.1, 0.15) is 36.3 Å². The van der Waals surface area contributed by atoms with E-state index in [1.165, 1.54) is 24.0 Å². The minimum Gasteiger partial charge on any atom is -0.378 e. The molecule has 0 spiro atoms. The highest BCUT2D eigenvalue weighted by Crippen LogP contribution is 2.27. The Hall–Kier alpha value is -0.860. The number of rotatable bonds is 4. The Morgan fingerprint density at radius 3 is 2.88 bits per heavy atom. The summed E-state index contributed by atoms with van der Waals surface area (Å²) >= 11 is 0. The molecule has 16 heavy (non-hydrogen) atoms. The van der Waals surface area contributed by atoms with Gasteiger partial charge in [0.05, 0.1) is 6.10 Å². The van der Waals surface area contributed by atoms with Gasteiger partial charge in [-0.25, -0.2) is 0 Å². The highest BCUT2D eigenvalue weighted by atomic mass is 16.5. The van der Waals surface area contributed by atoms with Crippen LogP contribution in [-0.4, -0.2) is 19.3 Å². The van der Waals surface area contributed by atoms with Gasteiger partial charge in [-0.3, -0.25) is 0 Å². The average molecular weight is 219 g/mol. The van der Waals surface area contributed by atoms with Crippen LogP contribution in [0.2, 0.25) is 0 Å². The maximum Gasteiger partial charge on any atom is 0.0582 e. The van der Waals surface area contributed by atoms with Gasteiger partial charge in [-0.1, -0.05) is 24.3 Å². The van der Waals surface area contributed by atoms with Crippen LogP contribution < -0.4 is 5.73 Å². The largest absolute Gasteiger partial charge is 0.378 e. The van der Waals surface area contributed by atoms with Crippen LogP contribution >= 0.6 is 0 Å². The Balaban J connectivity index is 2.06. The Bertz CT molecular complexity index is 331. The fourth-order valence-corrected chi connectivity index (χ4v) is 2.54. The minimum absolute atomic E-state index is 0.424. The highest BCUT2D eigenvalue weighted by Gasteiger charge is 2.21. The summed E-state index contributed by atoms with van der Waals surface area (Å²) in [6.45, 7) is 3.80. The molecule has 1 aliphatic rings. The molecule has 1 fully saturated rings. The summed E-state index contributed by atoms with van der Waals surface area (Å²) in [7, 11) is 0. The summed E-state index contributed by atoms with van der Waals surface area (Å²) in [6.07, 6.45) is 3.90. The summed E-state index contributed by atoms with van der Waals surface area (Å²) < 4.78 is 5.69. The fraction of sp³-hybridized carbons (Fsp3) is 0.571. The van der Waals surface area contributed by atoms with Crippen molar-refractivity contribution >= 4 is 0 Å². The van der Waals surface area contributed by atoms with E-state index in [1.54, 1.807) is 0 Å². The molecule has 88 valence electrons. The number of benzene rings is 1. The van der Waals surface area contributed by atoms with Gasteiger partial charge in [0, 0.05) is 6.61 Å². The first-order valence-corrected chi connectivity index (χ1v) is 6.18. The van der Waals surface area contributed by atoms with Crippen LogP contribution in [-0.2, 0) is 4.74 Å². The molecule has 2 unspecified atom stereocenters. The van der Waals surface area contributed by atoms with Crippen molar-refractivity contribution < 1.29 is 4.74 Å². The van der Waals surface area contributed by atoms with E-state index in [0.29, 0.717) is 18.6 Å². The monoisotopic (exact) mass is 219 g/mol. The van der Waals surface area contributed by atoms with Crippen molar-refractivity contribution in [3.05, 3.63) is 35.4 Å². The minimum atomic E-state index is 0.424. The van der Waals surface area contributed by atoms with E-state index in [1.807, 2.05) is 0 Å². The molecular formula is C14H21NO. The van der Waals surface area contributed by atoms with Crippen LogP contribution in [0.25, 0.3) is 0 Å². The van der Waals surface area contributed by atoms with E-state index in [9.17, 15) is 0 Å². The molecule has 0 aromatic heterocycles. The predicted octanol–water partition coefficient (Wildman–Crippen LogP) is 2.61.